The molecule has 0 saturated carbocycles. The highest BCUT2D eigenvalue weighted by Gasteiger charge is 2.14. The Labute approximate surface area is 131 Å². The molecule has 0 radical (unpaired) electrons. The molecule has 21 heavy (non-hydrogen) atoms. The van der Waals surface area contributed by atoms with Crippen molar-refractivity contribution in [1.82, 2.24) is 0 Å². The Balaban J connectivity index is 1.83. The van der Waals surface area contributed by atoms with Crippen LogP contribution in [0.4, 0.5) is 11.4 Å². The molecular weight excluding hydrogens is 332 g/mol. The standard InChI is InChI=1S/C16H15BrN2O2/c1-21-12-4-5-13(17)15(9-12)19-16(20)11-3-2-10-6-7-18-14(10)8-11/h2-5,8-9,18H,6-7H2,1H3,(H,19,20). The summed E-state index contributed by atoms with van der Waals surface area (Å²) in [5.74, 6) is 0.560. The molecule has 4 nitrogen and oxygen atoms in total. The first-order valence-electron chi connectivity index (χ1n) is 6.69. The van der Waals surface area contributed by atoms with Gasteiger partial charge >= 0.3 is 0 Å². The smallest absolute Gasteiger partial charge is 0.255 e. The number of carbonyl (C=O) groups excluding carboxylic acids is 1. The number of nitrogens with one attached hydrogen (secondary N) is 2. The van der Waals surface area contributed by atoms with E-state index in [1.807, 2.05) is 30.3 Å². The molecule has 0 aromatic heterocycles. The second kappa shape index (κ2) is 5.77. The highest BCUT2D eigenvalue weighted by atomic mass is 79.9. The molecule has 0 unspecified atom stereocenters. The third kappa shape index (κ3) is 2.88. The number of methoxy groups -OCH3 is 1. The van der Waals surface area contributed by atoms with Crippen LogP contribution in [-0.2, 0) is 6.42 Å². The summed E-state index contributed by atoms with van der Waals surface area (Å²) in [6, 6.07) is 11.2. The zero-order valence-electron chi connectivity index (χ0n) is 11.6. The Morgan fingerprint density at radius 3 is 2.95 bits per heavy atom. The number of halogens is 1. The minimum atomic E-state index is -0.138. The molecule has 108 valence electrons. The van der Waals surface area contributed by atoms with E-state index in [1.165, 1.54) is 5.56 Å². The van der Waals surface area contributed by atoms with Crippen LogP contribution >= 0.6 is 15.9 Å². The first kappa shape index (κ1) is 13.9. The number of carbonyl (C=O) groups is 1. The van der Waals surface area contributed by atoms with Crippen molar-refractivity contribution in [2.24, 2.45) is 0 Å². The largest absolute Gasteiger partial charge is 0.497 e. The summed E-state index contributed by atoms with van der Waals surface area (Å²) in [4.78, 5) is 12.4. The average molecular weight is 347 g/mol. The van der Waals surface area contributed by atoms with Gasteiger partial charge in [-0.25, -0.2) is 0 Å². The van der Waals surface area contributed by atoms with E-state index in [0.29, 0.717) is 17.0 Å². The minimum Gasteiger partial charge on any atom is -0.497 e. The number of anilines is 2. The summed E-state index contributed by atoms with van der Waals surface area (Å²) in [5.41, 5.74) is 3.63. The van der Waals surface area contributed by atoms with Gasteiger partial charge in [0.25, 0.3) is 5.91 Å². The highest BCUT2D eigenvalue weighted by molar-refractivity contribution is 9.10. The van der Waals surface area contributed by atoms with Crippen LogP contribution in [0, 0.1) is 0 Å². The lowest BCUT2D eigenvalue weighted by molar-refractivity contribution is 0.102. The number of hydrogen-bond donors (Lipinski definition) is 2. The number of rotatable bonds is 3. The molecule has 0 atom stereocenters. The van der Waals surface area contributed by atoms with E-state index in [4.69, 9.17) is 4.74 Å². The number of benzene rings is 2. The molecular formula is C16H15BrN2O2. The van der Waals surface area contributed by atoms with Crippen LogP contribution in [0.5, 0.6) is 5.75 Å². The summed E-state index contributed by atoms with van der Waals surface area (Å²) >= 11 is 3.43. The monoisotopic (exact) mass is 346 g/mol. The second-order valence-corrected chi connectivity index (χ2v) is 5.70. The Kier molecular flexibility index (Phi) is 3.84. The normalized spacial score (nSPS) is 12.5. The van der Waals surface area contributed by atoms with Crippen molar-refractivity contribution >= 4 is 33.2 Å². The molecule has 0 bridgehead atoms. The quantitative estimate of drug-likeness (QED) is 0.891. The van der Waals surface area contributed by atoms with E-state index in [2.05, 4.69) is 26.6 Å². The fraction of sp³-hybridized carbons (Fsp3) is 0.188. The molecule has 2 aromatic carbocycles. The van der Waals surface area contributed by atoms with Gasteiger partial charge in [0.1, 0.15) is 5.75 Å². The molecule has 2 aromatic rings. The molecule has 5 heteroatoms. The van der Waals surface area contributed by atoms with E-state index in [0.717, 1.165) is 23.1 Å². The summed E-state index contributed by atoms with van der Waals surface area (Å²) in [6.45, 7) is 0.932. The topological polar surface area (TPSA) is 50.4 Å². The van der Waals surface area contributed by atoms with Crippen LogP contribution in [-0.4, -0.2) is 19.6 Å². The Morgan fingerprint density at radius 2 is 2.14 bits per heavy atom. The summed E-state index contributed by atoms with van der Waals surface area (Å²) < 4.78 is 5.99. The van der Waals surface area contributed by atoms with Crippen LogP contribution in [0.3, 0.4) is 0 Å². The maximum atomic E-state index is 12.4. The van der Waals surface area contributed by atoms with E-state index >= 15 is 0 Å². The van der Waals surface area contributed by atoms with Gasteiger partial charge in [-0.15, -0.1) is 0 Å². The molecule has 0 aliphatic carbocycles. The molecule has 0 spiro atoms. The van der Waals surface area contributed by atoms with Crippen molar-refractivity contribution in [3.8, 4) is 5.75 Å². The fourth-order valence-electron chi connectivity index (χ4n) is 2.35. The highest BCUT2D eigenvalue weighted by Crippen LogP contribution is 2.28. The summed E-state index contributed by atoms with van der Waals surface area (Å²) in [5, 5.41) is 6.18. The van der Waals surface area contributed by atoms with Crippen LogP contribution < -0.4 is 15.4 Å². The van der Waals surface area contributed by atoms with Gasteiger partial charge < -0.3 is 15.4 Å². The van der Waals surface area contributed by atoms with Gasteiger partial charge in [0.2, 0.25) is 0 Å². The van der Waals surface area contributed by atoms with E-state index in [1.54, 1.807) is 13.2 Å². The van der Waals surface area contributed by atoms with Gasteiger partial charge in [-0.1, -0.05) is 6.07 Å². The van der Waals surface area contributed by atoms with Gasteiger partial charge in [-0.2, -0.15) is 0 Å². The zero-order chi connectivity index (χ0) is 14.8. The molecule has 3 rings (SSSR count). The lowest BCUT2D eigenvalue weighted by Crippen LogP contribution is -2.12. The van der Waals surface area contributed by atoms with Crippen molar-refractivity contribution in [2.45, 2.75) is 6.42 Å². The molecule has 1 aliphatic heterocycles. The minimum absolute atomic E-state index is 0.138. The Morgan fingerprint density at radius 1 is 1.29 bits per heavy atom. The van der Waals surface area contributed by atoms with Crippen molar-refractivity contribution < 1.29 is 9.53 Å². The molecule has 1 amide bonds. The Hall–Kier alpha value is -2.01. The number of fused-ring (bicyclic) bond motifs is 1. The maximum Gasteiger partial charge on any atom is 0.255 e. The third-order valence-corrected chi connectivity index (χ3v) is 4.20. The third-order valence-electron chi connectivity index (χ3n) is 3.50. The van der Waals surface area contributed by atoms with Gasteiger partial charge in [0, 0.05) is 28.3 Å². The summed E-state index contributed by atoms with van der Waals surface area (Å²) in [6.07, 6.45) is 1.01. The Bertz CT molecular complexity index is 701. The lowest BCUT2D eigenvalue weighted by Gasteiger charge is -2.10. The summed E-state index contributed by atoms with van der Waals surface area (Å²) in [7, 11) is 1.60. The van der Waals surface area contributed by atoms with E-state index in [9.17, 15) is 4.79 Å². The van der Waals surface area contributed by atoms with Crippen molar-refractivity contribution in [1.29, 1.82) is 0 Å². The number of hydrogen-bond acceptors (Lipinski definition) is 3. The first-order chi connectivity index (χ1) is 10.2. The number of amides is 1. The van der Waals surface area contributed by atoms with Crippen LogP contribution in [0.15, 0.2) is 40.9 Å². The maximum absolute atomic E-state index is 12.4. The average Bonchev–Trinajstić information content (AvgIpc) is 2.96. The van der Waals surface area contributed by atoms with Gasteiger partial charge in [-0.3, -0.25) is 4.79 Å². The van der Waals surface area contributed by atoms with Crippen LogP contribution in [0.2, 0.25) is 0 Å². The van der Waals surface area contributed by atoms with Crippen LogP contribution in [0.1, 0.15) is 15.9 Å². The predicted octanol–water partition coefficient (Wildman–Crippen LogP) is 3.68. The molecule has 0 fully saturated rings. The van der Waals surface area contributed by atoms with E-state index < -0.39 is 0 Å². The van der Waals surface area contributed by atoms with Gasteiger partial charge in [-0.05, 0) is 52.2 Å². The van der Waals surface area contributed by atoms with Crippen molar-refractivity contribution in [3.63, 3.8) is 0 Å². The van der Waals surface area contributed by atoms with Gasteiger partial charge in [0.05, 0.1) is 12.8 Å². The molecule has 1 heterocycles. The van der Waals surface area contributed by atoms with E-state index in [-0.39, 0.29) is 5.91 Å². The predicted molar refractivity (Wildman–Crippen MR) is 87.3 cm³/mol. The SMILES string of the molecule is COc1ccc(Br)c(NC(=O)c2ccc3c(c2)NCC3)c1. The van der Waals surface area contributed by atoms with Crippen LogP contribution in [0.25, 0.3) is 0 Å². The second-order valence-electron chi connectivity index (χ2n) is 4.85. The zero-order valence-corrected chi connectivity index (χ0v) is 13.2. The molecule has 1 aliphatic rings. The van der Waals surface area contributed by atoms with Crippen molar-refractivity contribution in [3.05, 3.63) is 52.0 Å². The molecule has 0 saturated heterocycles. The van der Waals surface area contributed by atoms with Crippen molar-refractivity contribution in [2.75, 3.05) is 24.3 Å². The first-order valence-corrected chi connectivity index (χ1v) is 7.48. The molecule has 2 N–H and O–H groups in total. The lowest BCUT2D eigenvalue weighted by atomic mass is 10.1. The fourth-order valence-corrected chi connectivity index (χ4v) is 2.70. The van der Waals surface area contributed by atoms with Gasteiger partial charge in [0.15, 0.2) is 0 Å². The number of ether oxygens (including phenoxy) is 1.